The highest BCUT2D eigenvalue weighted by atomic mass is 32.2. The molecule has 1 aliphatic heterocycles. The van der Waals surface area contributed by atoms with Crippen LogP contribution in [0.3, 0.4) is 0 Å². The monoisotopic (exact) mass is 313 g/mol. The van der Waals surface area contributed by atoms with Gasteiger partial charge in [-0.2, -0.15) is 4.31 Å². The molecule has 1 aromatic heterocycles. The molecule has 1 saturated carbocycles. The van der Waals surface area contributed by atoms with Gasteiger partial charge in [-0.05, 0) is 34.7 Å². The number of pyridine rings is 1. The fraction of sp³-hybridized carbons (Fsp3) is 0.583. The molecule has 0 spiro atoms. The largest absolute Gasteiger partial charge is 0.393 e. The second-order valence-corrected chi connectivity index (χ2v) is 7.44. The van der Waals surface area contributed by atoms with E-state index in [9.17, 15) is 23.6 Å². The van der Waals surface area contributed by atoms with Gasteiger partial charge in [0.2, 0.25) is 10.0 Å². The van der Waals surface area contributed by atoms with Crippen LogP contribution in [-0.2, 0) is 10.0 Å². The zero-order valence-corrected chi connectivity index (χ0v) is 11.9. The van der Waals surface area contributed by atoms with E-state index in [1.165, 1.54) is 10.4 Å². The first-order chi connectivity index (χ1) is 9.89. The topological polar surface area (TPSA) is 114 Å². The van der Waals surface area contributed by atoms with Gasteiger partial charge in [0.25, 0.3) is 0 Å². The van der Waals surface area contributed by atoms with Crippen molar-refractivity contribution in [3.63, 3.8) is 0 Å². The third kappa shape index (κ3) is 2.41. The third-order valence-corrected chi connectivity index (χ3v) is 6.15. The first kappa shape index (κ1) is 14.4. The van der Waals surface area contributed by atoms with Gasteiger partial charge in [-0.25, -0.2) is 8.42 Å². The van der Waals surface area contributed by atoms with Crippen molar-refractivity contribution in [2.75, 3.05) is 13.1 Å². The lowest BCUT2D eigenvalue weighted by Gasteiger charge is -2.17. The number of hydrogen-bond donors (Lipinski definition) is 1. The molecule has 2 aliphatic rings. The van der Waals surface area contributed by atoms with Crippen molar-refractivity contribution in [1.82, 2.24) is 9.29 Å². The number of aromatic nitrogens is 1. The predicted octanol–water partition coefficient (Wildman–Crippen LogP) is 0.381. The molecule has 0 bridgehead atoms. The van der Waals surface area contributed by atoms with Crippen molar-refractivity contribution in [2.45, 2.75) is 23.8 Å². The maximum atomic E-state index is 12.5. The van der Waals surface area contributed by atoms with Gasteiger partial charge in [0.15, 0.2) is 6.20 Å². The van der Waals surface area contributed by atoms with Crippen molar-refractivity contribution < 1.29 is 18.4 Å². The Kier molecular flexibility index (Phi) is 3.42. The van der Waals surface area contributed by atoms with E-state index < -0.39 is 21.1 Å². The lowest BCUT2D eigenvalue weighted by Crippen LogP contribution is -2.31. The molecule has 3 unspecified atom stereocenters. The van der Waals surface area contributed by atoms with Gasteiger partial charge >= 0.3 is 5.82 Å². The highest BCUT2D eigenvalue weighted by Crippen LogP contribution is 2.40. The fourth-order valence-electron chi connectivity index (χ4n) is 3.17. The van der Waals surface area contributed by atoms with Crippen LogP contribution in [0.25, 0.3) is 0 Å². The highest BCUT2D eigenvalue weighted by molar-refractivity contribution is 7.89. The van der Waals surface area contributed by atoms with Crippen LogP contribution in [0.5, 0.6) is 0 Å². The van der Waals surface area contributed by atoms with Crippen LogP contribution in [0.1, 0.15) is 12.8 Å². The fourth-order valence-corrected chi connectivity index (χ4v) is 4.65. The van der Waals surface area contributed by atoms with Gasteiger partial charge in [0.1, 0.15) is 4.90 Å². The molecule has 9 heteroatoms. The molecule has 2 fully saturated rings. The summed E-state index contributed by atoms with van der Waals surface area (Å²) in [7, 11) is -3.71. The molecular formula is C12H15N3O5S. The number of sulfonamides is 1. The summed E-state index contributed by atoms with van der Waals surface area (Å²) in [5.41, 5.74) is 0. The van der Waals surface area contributed by atoms with Crippen LogP contribution < -0.4 is 0 Å². The van der Waals surface area contributed by atoms with E-state index in [4.69, 9.17) is 0 Å². The van der Waals surface area contributed by atoms with Gasteiger partial charge in [-0.1, -0.05) is 0 Å². The Balaban J connectivity index is 1.83. The quantitative estimate of drug-likeness (QED) is 0.637. The molecule has 1 aromatic rings. The van der Waals surface area contributed by atoms with Crippen LogP contribution in [0.2, 0.25) is 0 Å². The Morgan fingerprint density at radius 3 is 2.67 bits per heavy atom. The molecule has 21 heavy (non-hydrogen) atoms. The second kappa shape index (κ2) is 5.00. The number of aliphatic hydroxyl groups is 1. The van der Waals surface area contributed by atoms with E-state index in [0.717, 1.165) is 25.1 Å². The van der Waals surface area contributed by atoms with Gasteiger partial charge in [-0.3, -0.25) is 0 Å². The number of hydrogen-bond acceptors (Lipinski definition) is 6. The molecular weight excluding hydrogens is 298 g/mol. The number of nitro groups is 1. The summed E-state index contributed by atoms with van der Waals surface area (Å²) >= 11 is 0. The van der Waals surface area contributed by atoms with Crippen molar-refractivity contribution >= 4 is 15.8 Å². The summed E-state index contributed by atoms with van der Waals surface area (Å²) in [4.78, 5) is 13.4. The molecule has 0 amide bonds. The van der Waals surface area contributed by atoms with E-state index in [1.807, 2.05) is 0 Å². The normalized spacial score (nSPS) is 29.5. The summed E-state index contributed by atoms with van der Waals surface area (Å²) in [6, 6.07) is 2.28. The smallest absolute Gasteiger partial charge is 0.363 e. The molecule has 3 rings (SSSR count). The van der Waals surface area contributed by atoms with Gasteiger partial charge in [0, 0.05) is 25.1 Å². The van der Waals surface area contributed by atoms with Crippen LogP contribution in [0.15, 0.2) is 23.2 Å². The zero-order chi connectivity index (χ0) is 15.2. The summed E-state index contributed by atoms with van der Waals surface area (Å²) < 4.78 is 26.3. The predicted molar refractivity (Wildman–Crippen MR) is 71.9 cm³/mol. The van der Waals surface area contributed by atoms with Crippen LogP contribution in [-0.4, -0.2) is 46.9 Å². The number of rotatable bonds is 3. The molecule has 3 atom stereocenters. The molecule has 0 aromatic carbocycles. The van der Waals surface area contributed by atoms with E-state index >= 15 is 0 Å². The van der Waals surface area contributed by atoms with Crippen molar-refractivity contribution in [2.24, 2.45) is 11.8 Å². The Bertz CT molecular complexity index is 660. The van der Waals surface area contributed by atoms with Crippen molar-refractivity contribution in [3.8, 4) is 0 Å². The highest BCUT2D eigenvalue weighted by Gasteiger charge is 2.46. The minimum atomic E-state index is -3.71. The van der Waals surface area contributed by atoms with E-state index in [1.54, 1.807) is 0 Å². The van der Waals surface area contributed by atoms with E-state index in [0.29, 0.717) is 13.1 Å². The molecule has 1 aliphatic carbocycles. The zero-order valence-electron chi connectivity index (χ0n) is 11.1. The summed E-state index contributed by atoms with van der Waals surface area (Å²) in [5.74, 6) is -0.200. The molecule has 0 radical (unpaired) electrons. The Morgan fingerprint density at radius 2 is 2.10 bits per heavy atom. The van der Waals surface area contributed by atoms with Gasteiger partial charge in [0.05, 0.1) is 6.10 Å². The van der Waals surface area contributed by atoms with Crippen LogP contribution in [0.4, 0.5) is 5.82 Å². The number of aliphatic hydroxyl groups excluding tert-OH is 1. The Hall–Kier alpha value is -1.58. The minimum absolute atomic E-state index is 0.00853. The van der Waals surface area contributed by atoms with Crippen LogP contribution in [0, 0.1) is 22.0 Å². The number of nitrogens with zero attached hydrogens (tertiary/aromatic N) is 3. The van der Waals surface area contributed by atoms with Gasteiger partial charge < -0.3 is 15.2 Å². The lowest BCUT2D eigenvalue weighted by molar-refractivity contribution is -0.389. The summed E-state index contributed by atoms with van der Waals surface area (Å²) in [5, 5.41) is 20.4. The van der Waals surface area contributed by atoms with Crippen LogP contribution >= 0.6 is 0 Å². The average molecular weight is 313 g/mol. The van der Waals surface area contributed by atoms with Crippen molar-refractivity contribution in [1.29, 1.82) is 0 Å². The molecule has 1 N–H and O–H groups in total. The molecule has 8 nitrogen and oxygen atoms in total. The Labute approximate surface area is 121 Å². The van der Waals surface area contributed by atoms with E-state index in [-0.39, 0.29) is 22.5 Å². The third-order valence-electron chi connectivity index (χ3n) is 4.33. The first-order valence-electron chi connectivity index (χ1n) is 6.68. The molecule has 2 heterocycles. The summed E-state index contributed by atoms with van der Waals surface area (Å²) in [6.07, 6.45) is 2.13. The summed E-state index contributed by atoms with van der Waals surface area (Å²) in [6.45, 7) is 0.687. The molecule has 1 saturated heterocycles. The number of fused-ring (bicyclic) bond motifs is 1. The lowest BCUT2D eigenvalue weighted by atomic mass is 10.00. The standard InChI is InChI=1S/C12H15N3O5S/c16-11-3-1-8-6-14(7-10(8)11)21(19,20)9-2-4-12(13-5-9)15(17)18/h2,4-5,8,10-11,16H,1,3,6-7H2. The minimum Gasteiger partial charge on any atom is -0.393 e. The van der Waals surface area contributed by atoms with E-state index in [2.05, 4.69) is 4.98 Å². The van der Waals surface area contributed by atoms with Gasteiger partial charge in [-0.15, -0.1) is 0 Å². The maximum absolute atomic E-state index is 12.5. The second-order valence-electron chi connectivity index (χ2n) is 5.50. The van der Waals surface area contributed by atoms with Crippen molar-refractivity contribution in [3.05, 3.63) is 28.4 Å². The maximum Gasteiger partial charge on any atom is 0.363 e. The first-order valence-corrected chi connectivity index (χ1v) is 8.12. The SMILES string of the molecule is O=[N+]([O-])c1ccc(S(=O)(=O)N2CC3CCC(O)C3C2)cn1. The average Bonchev–Trinajstić information content (AvgIpc) is 3.02. The molecule has 114 valence electrons. The Morgan fingerprint density at radius 1 is 1.33 bits per heavy atom.